The molecule has 0 spiro atoms. The number of likely N-dealkylation sites (N-methyl/N-ethyl adjacent to an activating group) is 1. The number of anilines is 3. The molecule has 0 unspecified atom stereocenters. The number of ether oxygens (including phenoxy) is 2. The predicted molar refractivity (Wildman–Crippen MR) is 193 cm³/mol. The molecule has 3 amide bonds. The van der Waals surface area contributed by atoms with E-state index < -0.39 is 0 Å². The number of rotatable bonds is 15. The van der Waals surface area contributed by atoms with Gasteiger partial charge in [0.2, 0.25) is 17.7 Å². The number of nitrogens with two attached hydrogens (primary N) is 1. The summed E-state index contributed by atoms with van der Waals surface area (Å²) >= 11 is 0. The Kier molecular flexibility index (Phi) is 13.8. The highest BCUT2D eigenvalue weighted by atomic mass is 16.5. The van der Waals surface area contributed by atoms with Crippen LogP contribution in [-0.4, -0.2) is 78.6 Å². The number of carbonyl (C=O) groups is 3. The highest BCUT2D eigenvalue weighted by Crippen LogP contribution is 2.30. The van der Waals surface area contributed by atoms with Crippen molar-refractivity contribution in [1.82, 2.24) is 9.80 Å². The van der Waals surface area contributed by atoms with Crippen LogP contribution in [0.3, 0.4) is 0 Å². The highest BCUT2D eigenvalue weighted by Gasteiger charge is 2.31. The van der Waals surface area contributed by atoms with Crippen LogP contribution in [0.25, 0.3) is 0 Å². The lowest BCUT2D eigenvalue weighted by molar-refractivity contribution is -0.134. The molecule has 0 saturated carbocycles. The zero-order valence-electron chi connectivity index (χ0n) is 29.1. The minimum absolute atomic E-state index is 0.0239. The molecule has 5 N–H and O–H groups in total. The molecule has 264 valence electrons. The van der Waals surface area contributed by atoms with Crippen LogP contribution in [0.5, 0.6) is 11.5 Å². The zero-order chi connectivity index (χ0) is 35.3. The van der Waals surface area contributed by atoms with Crippen LogP contribution in [0.4, 0.5) is 17.1 Å². The van der Waals surface area contributed by atoms with Gasteiger partial charge < -0.3 is 35.8 Å². The number of methoxy groups -OCH3 is 1. The summed E-state index contributed by atoms with van der Waals surface area (Å²) in [6, 6.07) is 20.2. The molecule has 3 aromatic carbocycles. The first-order valence-corrected chi connectivity index (χ1v) is 17.0. The number of hydrogen-bond acceptors (Lipinski definition) is 8. The SMILES string of the molecule is COc1ccc(CN(C)C[C@@H]2Oc3ccc(NC(=O)CCCCCC(=O)Nc4ccccc4N)cc3CC(=O)N([C@@H](C)CO)C[C@@H]2C)cc1. The first kappa shape index (κ1) is 37.2. The van der Waals surface area contributed by atoms with Crippen molar-refractivity contribution in [2.75, 3.05) is 50.2 Å². The van der Waals surface area contributed by atoms with Crippen LogP contribution < -0.4 is 25.8 Å². The first-order valence-electron chi connectivity index (χ1n) is 17.0. The molecular weight excluding hydrogens is 622 g/mol. The Bertz CT molecular complexity index is 1550. The van der Waals surface area contributed by atoms with Gasteiger partial charge in [0.15, 0.2) is 0 Å². The van der Waals surface area contributed by atoms with Crippen molar-refractivity contribution in [3.63, 3.8) is 0 Å². The van der Waals surface area contributed by atoms with Gasteiger partial charge in [-0.1, -0.05) is 37.6 Å². The fourth-order valence-corrected chi connectivity index (χ4v) is 5.93. The summed E-state index contributed by atoms with van der Waals surface area (Å²) < 4.78 is 11.9. The van der Waals surface area contributed by atoms with Crippen molar-refractivity contribution in [2.45, 2.75) is 71.1 Å². The van der Waals surface area contributed by atoms with Crippen LogP contribution in [0.2, 0.25) is 0 Å². The summed E-state index contributed by atoms with van der Waals surface area (Å²) in [6.07, 6.45) is 2.51. The Labute approximate surface area is 289 Å². The fourth-order valence-electron chi connectivity index (χ4n) is 5.93. The Balaban J connectivity index is 1.36. The number of aliphatic hydroxyl groups excluding tert-OH is 1. The van der Waals surface area contributed by atoms with Crippen molar-refractivity contribution >= 4 is 34.8 Å². The lowest BCUT2D eigenvalue weighted by Crippen LogP contribution is -2.47. The monoisotopic (exact) mass is 673 g/mol. The molecule has 11 heteroatoms. The number of carbonyl (C=O) groups excluding carboxylic acids is 3. The lowest BCUT2D eigenvalue weighted by atomic mass is 10.0. The molecule has 3 atom stereocenters. The summed E-state index contributed by atoms with van der Waals surface area (Å²) in [6.45, 7) is 5.54. The molecule has 0 fully saturated rings. The Hall–Kier alpha value is -4.61. The molecule has 1 aliphatic rings. The highest BCUT2D eigenvalue weighted by molar-refractivity contribution is 5.94. The molecule has 1 heterocycles. The molecule has 0 aromatic heterocycles. The molecule has 0 saturated heterocycles. The van der Waals surface area contributed by atoms with Gasteiger partial charge in [-0.25, -0.2) is 0 Å². The number of para-hydroxylation sites is 2. The molecule has 49 heavy (non-hydrogen) atoms. The molecule has 11 nitrogen and oxygen atoms in total. The third-order valence-electron chi connectivity index (χ3n) is 8.85. The van der Waals surface area contributed by atoms with Crippen LogP contribution >= 0.6 is 0 Å². The molecule has 4 rings (SSSR count). The largest absolute Gasteiger partial charge is 0.497 e. The van der Waals surface area contributed by atoms with Crippen molar-refractivity contribution in [2.24, 2.45) is 5.92 Å². The standard InChI is InChI=1S/C38H51N5O6/c1-26-22-43(27(2)25-44)38(47)21-29-20-30(40-36(45)12-6-5-7-13-37(46)41-33-11-9-8-10-32(33)39)16-19-34(29)49-35(26)24-42(3)23-28-14-17-31(48-4)18-15-28/h8-11,14-20,26-27,35,44H,5-7,12-13,21-25,39H2,1-4H3,(H,40,45)(H,41,46)/t26-,27-,35-/m0/s1. The number of fused-ring (bicyclic) bond motifs is 1. The van der Waals surface area contributed by atoms with E-state index in [2.05, 4.69) is 22.5 Å². The van der Waals surface area contributed by atoms with Crippen molar-refractivity contribution in [3.8, 4) is 11.5 Å². The maximum Gasteiger partial charge on any atom is 0.227 e. The van der Waals surface area contributed by atoms with E-state index in [0.29, 0.717) is 73.7 Å². The quantitative estimate of drug-likeness (QED) is 0.129. The van der Waals surface area contributed by atoms with Crippen molar-refractivity contribution in [3.05, 3.63) is 77.9 Å². The van der Waals surface area contributed by atoms with Crippen LogP contribution in [0.1, 0.15) is 57.1 Å². The molecule has 0 radical (unpaired) electrons. The minimum atomic E-state index is -0.348. The van der Waals surface area contributed by atoms with Crippen LogP contribution in [-0.2, 0) is 27.3 Å². The van der Waals surface area contributed by atoms with E-state index in [1.807, 2.05) is 56.4 Å². The molecule has 3 aromatic rings. The fraction of sp³-hybridized carbons (Fsp3) is 0.447. The topological polar surface area (TPSA) is 146 Å². The summed E-state index contributed by atoms with van der Waals surface area (Å²) in [7, 11) is 3.69. The second-order valence-corrected chi connectivity index (χ2v) is 13.0. The second kappa shape index (κ2) is 18.2. The van der Waals surface area contributed by atoms with Gasteiger partial charge in [0.05, 0.1) is 37.6 Å². The van der Waals surface area contributed by atoms with E-state index in [0.717, 1.165) is 17.7 Å². The number of nitrogens with zero attached hydrogens (tertiary/aromatic N) is 2. The number of aliphatic hydroxyl groups is 1. The van der Waals surface area contributed by atoms with Gasteiger partial charge in [-0.2, -0.15) is 0 Å². The summed E-state index contributed by atoms with van der Waals surface area (Å²) in [5.74, 6) is 1.04. The van der Waals surface area contributed by atoms with E-state index in [9.17, 15) is 19.5 Å². The zero-order valence-corrected chi connectivity index (χ0v) is 29.1. The maximum absolute atomic E-state index is 13.6. The number of hydrogen-bond donors (Lipinski definition) is 4. The van der Waals surface area contributed by atoms with E-state index in [-0.39, 0.29) is 48.8 Å². The van der Waals surface area contributed by atoms with Gasteiger partial charge in [-0.15, -0.1) is 0 Å². The molecular formula is C38H51N5O6. The van der Waals surface area contributed by atoms with Crippen LogP contribution in [0, 0.1) is 5.92 Å². The minimum Gasteiger partial charge on any atom is -0.497 e. The van der Waals surface area contributed by atoms with Crippen molar-refractivity contribution in [1.29, 1.82) is 0 Å². The van der Waals surface area contributed by atoms with Gasteiger partial charge in [0.1, 0.15) is 17.6 Å². The van der Waals surface area contributed by atoms with Gasteiger partial charge in [0.25, 0.3) is 0 Å². The number of nitrogen functional groups attached to an aromatic ring is 1. The Morgan fingerprint density at radius 3 is 2.41 bits per heavy atom. The number of benzene rings is 3. The number of unbranched alkanes of at least 4 members (excludes halogenated alkanes) is 2. The second-order valence-electron chi connectivity index (χ2n) is 13.0. The average Bonchev–Trinajstić information content (AvgIpc) is 3.12. The van der Waals surface area contributed by atoms with E-state index in [4.69, 9.17) is 15.2 Å². The smallest absolute Gasteiger partial charge is 0.227 e. The van der Waals surface area contributed by atoms with Gasteiger partial charge in [-0.05, 0) is 74.8 Å². The third kappa shape index (κ3) is 11.2. The predicted octanol–water partition coefficient (Wildman–Crippen LogP) is 5.09. The van der Waals surface area contributed by atoms with Gasteiger partial charge >= 0.3 is 0 Å². The van der Waals surface area contributed by atoms with E-state index >= 15 is 0 Å². The average molecular weight is 674 g/mol. The maximum atomic E-state index is 13.6. The lowest BCUT2D eigenvalue weighted by Gasteiger charge is -2.34. The molecule has 0 aliphatic carbocycles. The summed E-state index contributed by atoms with van der Waals surface area (Å²) in [4.78, 5) is 42.6. The van der Waals surface area contributed by atoms with Gasteiger partial charge in [0, 0.05) is 49.6 Å². The molecule has 1 aliphatic heterocycles. The Morgan fingerprint density at radius 2 is 1.73 bits per heavy atom. The normalized spacial score (nSPS) is 16.9. The summed E-state index contributed by atoms with van der Waals surface area (Å²) in [5, 5.41) is 15.7. The van der Waals surface area contributed by atoms with E-state index in [1.54, 1.807) is 36.3 Å². The molecule has 0 bridgehead atoms. The Morgan fingerprint density at radius 1 is 1.04 bits per heavy atom. The first-order chi connectivity index (χ1) is 23.6. The van der Waals surface area contributed by atoms with Crippen molar-refractivity contribution < 1.29 is 29.0 Å². The van der Waals surface area contributed by atoms with Crippen LogP contribution in [0.15, 0.2) is 66.7 Å². The third-order valence-corrected chi connectivity index (χ3v) is 8.85. The summed E-state index contributed by atoms with van der Waals surface area (Å²) in [5.41, 5.74) is 9.42. The number of nitrogens with one attached hydrogen (secondary N) is 2. The number of amides is 3. The van der Waals surface area contributed by atoms with E-state index in [1.165, 1.54) is 0 Å². The van der Waals surface area contributed by atoms with Gasteiger partial charge in [-0.3, -0.25) is 19.3 Å².